The molecule has 0 aliphatic carbocycles. The fourth-order valence-electron chi connectivity index (χ4n) is 3.15. The normalized spacial score (nSPS) is 13.8. The number of aliphatic hydroxyl groups is 1. The van der Waals surface area contributed by atoms with Gasteiger partial charge in [0.15, 0.2) is 11.5 Å². The van der Waals surface area contributed by atoms with E-state index in [1.807, 2.05) is 0 Å². The van der Waals surface area contributed by atoms with E-state index in [1.54, 1.807) is 56.7 Å². The second kappa shape index (κ2) is 9.69. The van der Waals surface area contributed by atoms with Crippen LogP contribution in [0.2, 0.25) is 0 Å². The van der Waals surface area contributed by atoms with Gasteiger partial charge in [-0.15, -0.1) is 11.8 Å². The van der Waals surface area contributed by atoms with Gasteiger partial charge < -0.3 is 19.3 Å². The van der Waals surface area contributed by atoms with E-state index in [-0.39, 0.29) is 25.0 Å². The zero-order valence-corrected chi connectivity index (χ0v) is 17.8. The Labute approximate surface area is 179 Å². The van der Waals surface area contributed by atoms with Crippen molar-refractivity contribution in [1.29, 1.82) is 0 Å². The smallest absolute Gasteiger partial charge is 0.268 e. The van der Waals surface area contributed by atoms with Crippen molar-refractivity contribution in [3.05, 3.63) is 58.5 Å². The number of thioether (sulfide) groups is 1. The topological polar surface area (TPSA) is 85.3 Å². The molecule has 0 unspecified atom stereocenters. The number of hydrogen-bond donors (Lipinski definition) is 1. The Morgan fingerprint density at radius 1 is 0.900 bits per heavy atom. The molecule has 0 atom stereocenters. The Morgan fingerprint density at radius 2 is 1.60 bits per heavy atom. The van der Waals surface area contributed by atoms with Gasteiger partial charge in [0.2, 0.25) is 0 Å². The molecule has 1 N–H and O–H groups in total. The summed E-state index contributed by atoms with van der Waals surface area (Å²) in [6.45, 7) is 0.00205. The third kappa shape index (κ3) is 4.29. The Hall–Kier alpha value is -2.97. The van der Waals surface area contributed by atoms with Gasteiger partial charge in [0, 0.05) is 5.75 Å². The molecular formula is C22H23NO6S. The van der Waals surface area contributed by atoms with Gasteiger partial charge in [-0.05, 0) is 35.4 Å². The van der Waals surface area contributed by atoms with Crippen molar-refractivity contribution in [2.45, 2.75) is 6.54 Å². The maximum Gasteiger partial charge on any atom is 0.268 e. The molecule has 158 valence electrons. The minimum absolute atomic E-state index is 0.0960. The van der Waals surface area contributed by atoms with E-state index in [2.05, 4.69) is 0 Å². The Kier molecular flexibility index (Phi) is 7.02. The molecule has 0 fully saturated rings. The standard InChI is InChI=1S/C22H23NO6S/c1-27-16-7-5-15(6-8-16)19-20(30-11-10-24)22(26)23(21(19)25)13-14-4-9-17(28-2)18(12-14)29-3/h4-9,12,24H,10-11,13H2,1-3H3. The number of hydrogen-bond acceptors (Lipinski definition) is 7. The lowest BCUT2D eigenvalue weighted by molar-refractivity contribution is -0.137. The van der Waals surface area contributed by atoms with Crippen molar-refractivity contribution in [1.82, 2.24) is 4.90 Å². The molecule has 2 aromatic carbocycles. The van der Waals surface area contributed by atoms with Crippen LogP contribution < -0.4 is 14.2 Å². The van der Waals surface area contributed by atoms with Crippen LogP contribution in [-0.2, 0) is 16.1 Å². The third-order valence-corrected chi connectivity index (χ3v) is 5.68. The van der Waals surface area contributed by atoms with Crippen molar-refractivity contribution in [2.24, 2.45) is 0 Å². The van der Waals surface area contributed by atoms with Crippen LogP contribution >= 0.6 is 11.8 Å². The molecule has 7 nitrogen and oxygen atoms in total. The van der Waals surface area contributed by atoms with Crippen molar-refractivity contribution in [2.75, 3.05) is 33.7 Å². The van der Waals surface area contributed by atoms with Gasteiger partial charge >= 0.3 is 0 Å². The summed E-state index contributed by atoms with van der Waals surface area (Å²) in [4.78, 5) is 27.8. The summed E-state index contributed by atoms with van der Waals surface area (Å²) < 4.78 is 15.7. The highest BCUT2D eigenvalue weighted by Crippen LogP contribution is 2.37. The van der Waals surface area contributed by atoms with Crippen LogP contribution in [0.15, 0.2) is 47.4 Å². The van der Waals surface area contributed by atoms with Gasteiger partial charge in [-0.2, -0.15) is 0 Å². The molecule has 0 saturated carbocycles. The zero-order chi connectivity index (χ0) is 21.7. The number of carbonyl (C=O) groups excluding carboxylic acids is 2. The minimum atomic E-state index is -0.376. The predicted octanol–water partition coefficient (Wildman–Crippen LogP) is 2.72. The lowest BCUT2D eigenvalue weighted by atomic mass is 10.1. The number of rotatable bonds is 9. The maximum absolute atomic E-state index is 13.2. The number of methoxy groups -OCH3 is 3. The second-order valence-corrected chi connectivity index (χ2v) is 7.50. The van der Waals surface area contributed by atoms with Gasteiger partial charge in [-0.1, -0.05) is 18.2 Å². The van der Waals surface area contributed by atoms with Gasteiger partial charge in [0.05, 0.1) is 45.0 Å². The number of carbonyl (C=O) groups is 2. The van der Waals surface area contributed by atoms with Crippen molar-refractivity contribution in [3.8, 4) is 17.2 Å². The van der Waals surface area contributed by atoms with Crippen molar-refractivity contribution in [3.63, 3.8) is 0 Å². The summed E-state index contributed by atoms with van der Waals surface area (Å²) in [5.41, 5.74) is 1.70. The molecule has 0 bridgehead atoms. The van der Waals surface area contributed by atoms with Gasteiger partial charge in [-0.25, -0.2) is 0 Å². The lowest BCUT2D eigenvalue weighted by Crippen LogP contribution is -2.31. The number of benzene rings is 2. The Morgan fingerprint density at radius 3 is 2.20 bits per heavy atom. The molecule has 0 spiro atoms. The van der Waals surface area contributed by atoms with E-state index in [1.165, 1.54) is 23.8 Å². The van der Waals surface area contributed by atoms with E-state index >= 15 is 0 Å². The van der Waals surface area contributed by atoms with E-state index in [0.29, 0.717) is 39.0 Å². The highest BCUT2D eigenvalue weighted by molar-refractivity contribution is 8.04. The average Bonchev–Trinajstić information content (AvgIpc) is 3.01. The summed E-state index contributed by atoms with van der Waals surface area (Å²) >= 11 is 1.18. The number of nitrogens with zero attached hydrogens (tertiary/aromatic N) is 1. The van der Waals surface area contributed by atoms with Crippen molar-refractivity contribution < 1.29 is 28.9 Å². The molecule has 0 saturated heterocycles. The first-order chi connectivity index (χ1) is 14.5. The lowest BCUT2D eigenvalue weighted by Gasteiger charge is -2.16. The summed E-state index contributed by atoms with van der Waals surface area (Å²) in [5.74, 6) is 1.31. The first-order valence-corrected chi connectivity index (χ1v) is 10.2. The highest BCUT2D eigenvalue weighted by Gasteiger charge is 2.39. The number of ether oxygens (including phenoxy) is 3. The fraction of sp³-hybridized carbons (Fsp3) is 0.273. The second-order valence-electron chi connectivity index (χ2n) is 6.39. The zero-order valence-electron chi connectivity index (χ0n) is 17.0. The van der Waals surface area contributed by atoms with Crippen molar-refractivity contribution >= 4 is 29.1 Å². The summed E-state index contributed by atoms with van der Waals surface area (Å²) in [6, 6.07) is 12.2. The SMILES string of the molecule is COc1ccc(C2=C(SCCO)C(=O)N(Cc3ccc(OC)c(OC)c3)C2=O)cc1. The molecule has 0 aromatic heterocycles. The first kappa shape index (κ1) is 21.7. The quantitative estimate of drug-likeness (QED) is 0.614. The van der Waals surface area contributed by atoms with Crippen LogP contribution in [0.3, 0.4) is 0 Å². The van der Waals surface area contributed by atoms with E-state index in [9.17, 15) is 14.7 Å². The molecule has 2 aromatic rings. The monoisotopic (exact) mass is 429 g/mol. The molecule has 0 radical (unpaired) electrons. The maximum atomic E-state index is 13.2. The summed E-state index contributed by atoms with van der Waals surface area (Å²) in [7, 11) is 4.63. The van der Waals surface area contributed by atoms with Gasteiger partial charge in [-0.3, -0.25) is 14.5 Å². The fourth-order valence-corrected chi connectivity index (χ4v) is 4.03. The summed E-state index contributed by atoms with van der Waals surface area (Å²) in [5, 5.41) is 9.22. The van der Waals surface area contributed by atoms with E-state index < -0.39 is 0 Å². The molecule has 30 heavy (non-hydrogen) atoms. The molecule has 1 aliphatic heterocycles. The molecule has 1 heterocycles. The molecular weight excluding hydrogens is 406 g/mol. The molecule has 3 rings (SSSR count). The van der Waals surface area contributed by atoms with Crippen LogP contribution in [0.4, 0.5) is 0 Å². The van der Waals surface area contributed by atoms with Crippen LogP contribution in [0.25, 0.3) is 5.57 Å². The van der Waals surface area contributed by atoms with Crippen LogP contribution in [0, 0.1) is 0 Å². The van der Waals surface area contributed by atoms with Gasteiger partial charge in [0.1, 0.15) is 5.75 Å². The van der Waals surface area contributed by atoms with E-state index in [0.717, 1.165) is 5.56 Å². The predicted molar refractivity (Wildman–Crippen MR) is 115 cm³/mol. The minimum Gasteiger partial charge on any atom is -0.497 e. The van der Waals surface area contributed by atoms with E-state index in [4.69, 9.17) is 14.2 Å². The summed E-state index contributed by atoms with van der Waals surface area (Å²) in [6.07, 6.45) is 0. The van der Waals surface area contributed by atoms with Gasteiger partial charge in [0.25, 0.3) is 11.8 Å². The van der Waals surface area contributed by atoms with Crippen LogP contribution in [0.5, 0.6) is 17.2 Å². The molecule has 8 heteroatoms. The number of aliphatic hydroxyl groups excluding tert-OH is 1. The Balaban J connectivity index is 1.93. The number of imide groups is 1. The average molecular weight is 429 g/mol. The number of amides is 2. The van der Waals surface area contributed by atoms with Crippen LogP contribution in [-0.4, -0.2) is 55.5 Å². The molecule has 1 aliphatic rings. The molecule has 2 amide bonds. The third-order valence-electron chi connectivity index (χ3n) is 4.63. The largest absolute Gasteiger partial charge is 0.497 e. The highest BCUT2D eigenvalue weighted by atomic mass is 32.2. The first-order valence-electron chi connectivity index (χ1n) is 9.23. The Bertz CT molecular complexity index is 970. The van der Waals surface area contributed by atoms with Crippen LogP contribution in [0.1, 0.15) is 11.1 Å².